The van der Waals surface area contributed by atoms with Crippen molar-refractivity contribution < 1.29 is 33.3 Å². The normalized spacial score (nSPS) is 10.8. The molecule has 1 heterocycles. The van der Waals surface area contributed by atoms with Gasteiger partial charge in [-0.15, -0.1) is 0 Å². The van der Waals surface area contributed by atoms with Gasteiger partial charge in [-0.3, -0.25) is 4.79 Å². The highest BCUT2D eigenvalue weighted by atomic mass is 16.5. The highest BCUT2D eigenvalue weighted by molar-refractivity contribution is 6.10. The first kappa shape index (κ1) is 31.1. The number of nitrogen functional groups attached to an aromatic ring is 1. The molecule has 0 saturated heterocycles. The molecule has 220 valence electrons. The standard InChI is InChI=1S/C31H39N3O7/c1-7-10-11-12-13-19-14-21-27(33)29(31(36)41-9-3)34(18-25(35)40-8-2)28(21)22(17-32)26(19)20-15-23(37-4)30(39-6)24(16-20)38-5/h14-16H,7-13,18,33H2,1-6H3. The van der Waals surface area contributed by atoms with E-state index in [0.717, 1.165) is 31.2 Å². The summed E-state index contributed by atoms with van der Waals surface area (Å²) in [4.78, 5) is 25.8. The Kier molecular flexibility index (Phi) is 10.9. The lowest BCUT2D eigenvalue weighted by molar-refractivity contribution is -0.143. The molecule has 0 aliphatic carbocycles. The van der Waals surface area contributed by atoms with Gasteiger partial charge in [-0.2, -0.15) is 5.26 Å². The number of fused-ring (bicyclic) bond motifs is 1. The topological polar surface area (TPSA) is 135 Å². The Bertz CT molecular complexity index is 1430. The molecule has 0 unspecified atom stereocenters. The Hall–Kier alpha value is -4.39. The SMILES string of the molecule is CCCCCCc1cc2c(N)c(C(=O)OCC)n(CC(=O)OCC)c2c(C#N)c1-c1cc(OC)c(OC)c(OC)c1. The van der Waals surface area contributed by atoms with E-state index >= 15 is 0 Å². The number of nitrogens with two attached hydrogens (primary N) is 1. The molecule has 3 aromatic rings. The number of aryl methyl sites for hydroxylation is 1. The van der Waals surface area contributed by atoms with E-state index in [1.165, 1.54) is 25.9 Å². The maximum atomic E-state index is 13.1. The number of anilines is 1. The number of methoxy groups -OCH3 is 3. The molecule has 0 aliphatic heterocycles. The van der Waals surface area contributed by atoms with Crippen LogP contribution in [-0.4, -0.2) is 51.0 Å². The van der Waals surface area contributed by atoms with Crippen molar-refractivity contribution in [3.63, 3.8) is 0 Å². The van der Waals surface area contributed by atoms with Crippen molar-refractivity contribution in [2.75, 3.05) is 40.3 Å². The van der Waals surface area contributed by atoms with E-state index < -0.39 is 11.9 Å². The first-order chi connectivity index (χ1) is 19.8. The molecule has 0 fully saturated rings. The summed E-state index contributed by atoms with van der Waals surface area (Å²) in [5.41, 5.74) is 9.48. The molecule has 0 saturated carbocycles. The van der Waals surface area contributed by atoms with Crippen LogP contribution in [0.1, 0.15) is 68.1 Å². The van der Waals surface area contributed by atoms with Gasteiger partial charge in [-0.05, 0) is 56.0 Å². The summed E-state index contributed by atoms with van der Waals surface area (Å²) in [6.07, 6.45) is 4.72. The lowest BCUT2D eigenvalue weighted by Gasteiger charge is -2.18. The zero-order valence-electron chi connectivity index (χ0n) is 24.7. The average Bonchev–Trinajstić information content (AvgIpc) is 3.24. The molecule has 3 rings (SSSR count). The molecule has 1 aromatic heterocycles. The Morgan fingerprint density at radius 2 is 1.59 bits per heavy atom. The van der Waals surface area contributed by atoms with Gasteiger partial charge in [-0.25, -0.2) is 4.79 Å². The van der Waals surface area contributed by atoms with Gasteiger partial charge >= 0.3 is 11.9 Å². The van der Waals surface area contributed by atoms with Crippen LogP contribution in [0.15, 0.2) is 18.2 Å². The first-order valence-electron chi connectivity index (χ1n) is 13.8. The fraction of sp³-hybridized carbons (Fsp3) is 0.452. The Morgan fingerprint density at radius 3 is 2.12 bits per heavy atom. The summed E-state index contributed by atoms with van der Waals surface area (Å²) < 4.78 is 28.6. The zero-order chi connectivity index (χ0) is 30.1. The molecular weight excluding hydrogens is 526 g/mol. The van der Waals surface area contributed by atoms with E-state index in [9.17, 15) is 14.9 Å². The van der Waals surface area contributed by atoms with Gasteiger partial charge in [-0.1, -0.05) is 26.2 Å². The number of rotatable bonds is 14. The minimum Gasteiger partial charge on any atom is -0.493 e. The average molecular weight is 566 g/mol. The van der Waals surface area contributed by atoms with Crippen LogP contribution >= 0.6 is 0 Å². The molecule has 0 atom stereocenters. The highest BCUT2D eigenvalue weighted by Gasteiger charge is 2.29. The monoisotopic (exact) mass is 565 g/mol. The molecule has 0 bridgehead atoms. The smallest absolute Gasteiger partial charge is 0.357 e. The van der Waals surface area contributed by atoms with Crippen LogP contribution in [0.5, 0.6) is 17.2 Å². The van der Waals surface area contributed by atoms with Crippen LogP contribution in [-0.2, 0) is 27.2 Å². The quantitative estimate of drug-likeness (QED) is 0.194. The van der Waals surface area contributed by atoms with Gasteiger partial charge in [0.2, 0.25) is 5.75 Å². The largest absolute Gasteiger partial charge is 0.493 e. The lowest BCUT2D eigenvalue weighted by Crippen LogP contribution is -2.20. The number of esters is 2. The number of benzene rings is 2. The van der Waals surface area contributed by atoms with E-state index in [-0.39, 0.29) is 36.7 Å². The Labute approximate surface area is 240 Å². The molecule has 2 aromatic carbocycles. The van der Waals surface area contributed by atoms with Crippen LogP contribution in [0.4, 0.5) is 5.69 Å². The van der Waals surface area contributed by atoms with Crippen molar-refractivity contribution in [2.24, 2.45) is 0 Å². The van der Waals surface area contributed by atoms with Crippen LogP contribution in [0.3, 0.4) is 0 Å². The fourth-order valence-electron chi connectivity index (χ4n) is 5.12. The number of carbonyl (C=O) groups excluding carboxylic acids is 2. The third-order valence-electron chi connectivity index (χ3n) is 6.89. The van der Waals surface area contributed by atoms with Crippen molar-refractivity contribution in [1.29, 1.82) is 5.26 Å². The van der Waals surface area contributed by atoms with Gasteiger partial charge < -0.3 is 34.0 Å². The van der Waals surface area contributed by atoms with Crippen molar-refractivity contribution in [3.05, 3.63) is 35.0 Å². The Morgan fingerprint density at radius 1 is 0.927 bits per heavy atom. The number of nitrogens with zero attached hydrogens (tertiary/aromatic N) is 2. The van der Waals surface area contributed by atoms with Gasteiger partial charge in [0.1, 0.15) is 12.6 Å². The van der Waals surface area contributed by atoms with Crippen molar-refractivity contribution >= 4 is 28.5 Å². The zero-order valence-corrected chi connectivity index (χ0v) is 24.7. The molecular formula is C31H39N3O7. The predicted octanol–water partition coefficient (Wildman–Crippen LogP) is 5.65. The number of ether oxygens (including phenoxy) is 5. The molecule has 0 radical (unpaired) electrons. The van der Waals surface area contributed by atoms with E-state index in [0.29, 0.717) is 45.7 Å². The number of unbranched alkanes of at least 4 members (excludes halogenated alkanes) is 3. The lowest BCUT2D eigenvalue weighted by atomic mass is 9.89. The van der Waals surface area contributed by atoms with E-state index in [4.69, 9.17) is 29.4 Å². The Balaban J connectivity index is 2.47. The summed E-state index contributed by atoms with van der Waals surface area (Å²) >= 11 is 0. The second-order valence-electron chi connectivity index (χ2n) is 9.39. The number of nitriles is 1. The number of carbonyl (C=O) groups is 2. The van der Waals surface area contributed by atoms with Crippen LogP contribution < -0.4 is 19.9 Å². The van der Waals surface area contributed by atoms with Crippen molar-refractivity contribution in [3.8, 4) is 34.4 Å². The van der Waals surface area contributed by atoms with Crippen LogP contribution in [0, 0.1) is 11.3 Å². The highest BCUT2D eigenvalue weighted by Crippen LogP contribution is 2.45. The molecule has 10 heteroatoms. The van der Waals surface area contributed by atoms with Gasteiger partial charge in [0.25, 0.3) is 0 Å². The molecule has 2 N–H and O–H groups in total. The van der Waals surface area contributed by atoms with E-state index in [2.05, 4.69) is 13.0 Å². The second-order valence-corrected chi connectivity index (χ2v) is 9.39. The van der Waals surface area contributed by atoms with Crippen molar-refractivity contribution in [1.82, 2.24) is 4.57 Å². The van der Waals surface area contributed by atoms with E-state index in [1.807, 2.05) is 6.07 Å². The maximum Gasteiger partial charge on any atom is 0.357 e. The molecule has 0 amide bonds. The minimum atomic E-state index is -0.687. The summed E-state index contributed by atoms with van der Waals surface area (Å²) in [5, 5.41) is 11.1. The third kappa shape index (κ3) is 6.35. The van der Waals surface area contributed by atoms with Crippen LogP contribution in [0.25, 0.3) is 22.0 Å². The fourth-order valence-corrected chi connectivity index (χ4v) is 5.12. The minimum absolute atomic E-state index is 0.00498. The first-order valence-corrected chi connectivity index (χ1v) is 13.8. The molecule has 10 nitrogen and oxygen atoms in total. The molecule has 41 heavy (non-hydrogen) atoms. The molecule has 0 aliphatic rings. The van der Waals surface area contributed by atoms with Crippen molar-refractivity contribution in [2.45, 2.75) is 59.4 Å². The van der Waals surface area contributed by atoms with Gasteiger partial charge in [0.15, 0.2) is 17.2 Å². The molecule has 0 spiro atoms. The second kappa shape index (κ2) is 14.3. The number of hydrogen-bond donors (Lipinski definition) is 1. The van der Waals surface area contributed by atoms with Gasteiger partial charge in [0, 0.05) is 10.9 Å². The summed E-state index contributed by atoms with van der Waals surface area (Å²) in [6, 6.07) is 7.82. The summed E-state index contributed by atoms with van der Waals surface area (Å²) in [5.74, 6) is 0.0141. The number of aromatic nitrogens is 1. The van der Waals surface area contributed by atoms with Gasteiger partial charge in [0.05, 0.1) is 51.3 Å². The third-order valence-corrected chi connectivity index (χ3v) is 6.89. The summed E-state index contributed by atoms with van der Waals surface area (Å²) in [6.45, 7) is 5.47. The maximum absolute atomic E-state index is 13.1. The predicted molar refractivity (Wildman–Crippen MR) is 157 cm³/mol. The summed E-state index contributed by atoms with van der Waals surface area (Å²) in [7, 11) is 4.57. The van der Waals surface area contributed by atoms with Crippen LogP contribution in [0.2, 0.25) is 0 Å². The number of hydrogen-bond acceptors (Lipinski definition) is 9. The van der Waals surface area contributed by atoms with E-state index in [1.54, 1.807) is 26.0 Å².